The lowest BCUT2D eigenvalue weighted by atomic mass is 10.2. The Morgan fingerprint density at radius 2 is 1.67 bits per heavy atom. The Hall–Kier alpha value is -1.43. The lowest BCUT2D eigenvalue weighted by Crippen LogP contribution is -2.16. The zero-order valence-electron chi connectivity index (χ0n) is 6.86. The molecule has 6 heteroatoms. The highest BCUT2D eigenvalue weighted by Crippen LogP contribution is 2.09. The van der Waals surface area contributed by atoms with E-state index in [1.165, 1.54) is 0 Å². The third-order valence-electron chi connectivity index (χ3n) is 1.46. The van der Waals surface area contributed by atoms with E-state index in [-0.39, 0.29) is 17.9 Å². The minimum absolute atomic E-state index is 0.112. The van der Waals surface area contributed by atoms with E-state index in [0.29, 0.717) is 5.82 Å². The Morgan fingerprint density at radius 1 is 1.17 bits per heavy atom. The van der Waals surface area contributed by atoms with Crippen molar-refractivity contribution >= 4 is 11.9 Å². The molecule has 6 nitrogen and oxygen atoms in total. The normalized spacial score (nSPS) is 12.8. The van der Waals surface area contributed by atoms with Crippen LogP contribution in [0.2, 0.25) is 0 Å². The molecule has 1 rings (SSSR count). The zero-order chi connectivity index (χ0) is 9.14. The van der Waals surface area contributed by atoms with Gasteiger partial charge in [-0.25, -0.2) is 0 Å². The summed E-state index contributed by atoms with van der Waals surface area (Å²) < 4.78 is 0. The Balaban J connectivity index is 3.00. The van der Waals surface area contributed by atoms with Crippen LogP contribution in [0.1, 0.15) is 25.2 Å². The fourth-order valence-corrected chi connectivity index (χ4v) is 0.775. The lowest BCUT2D eigenvalue weighted by molar-refractivity contribution is 0.647. The molecule has 0 aromatic carbocycles. The number of nitrogens with zero attached hydrogens (tertiary/aromatic N) is 3. The second kappa shape index (κ2) is 3.31. The van der Waals surface area contributed by atoms with Gasteiger partial charge in [-0.05, 0) is 6.42 Å². The molecule has 6 N–H and O–H groups in total. The van der Waals surface area contributed by atoms with Crippen molar-refractivity contribution in [1.82, 2.24) is 15.0 Å². The van der Waals surface area contributed by atoms with Crippen LogP contribution in [-0.2, 0) is 0 Å². The molecular formula is C6H12N6. The first-order chi connectivity index (χ1) is 5.63. The molecule has 0 unspecified atom stereocenters. The number of nitrogen functional groups attached to an aromatic ring is 2. The quantitative estimate of drug-likeness (QED) is 0.545. The fraction of sp³-hybridized carbons (Fsp3) is 0.500. The highest BCUT2D eigenvalue weighted by molar-refractivity contribution is 5.26. The third-order valence-corrected chi connectivity index (χ3v) is 1.46. The van der Waals surface area contributed by atoms with E-state index in [4.69, 9.17) is 17.2 Å². The molecule has 0 saturated heterocycles. The van der Waals surface area contributed by atoms with Crippen molar-refractivity contribution in [3.8, 4) is 0 Å². The van der Waals surface area contributed by atoms with Crippen molar-refractivity contribution in [2.45, 2.75) is 19.4 Å². The van der Waals surface area contributed by atoms with Gasteiger partial charge in [0.25, 0.3) is 0 Å². The first-order valence-electron chi connectivity index (χ1n) is 3.66. The molecule has 0 spiro atoms. The van der Waals surface area contributed by atoms with Crippen LogP contribution in [0.15, 0.2) is 0 Å². The van der Waals surface area contributed by atoms with Gasteiger partial charge >= 0.3 is 0 Å². The maximum absolute atomic E-state index is 5.67. The van der Waals surface area contributed by atoms with Gasteiger partial charge in [0.2, 0.25) is 11.9 Å². The van der Waals surface area contributed by atoms with Gasteiger partial charge in [-0.1, -0.05) is 6.92 Å². The maximum atomic E-state index is 5.67. The Kier molecular flexibility index (Phi) is 2.39. The molecule has 1 aromatic heterocycles. The number of anilines is 2. The van der Waals surface area contributed by atoms with Crippen molar-refractivity contribution in [1.29, 1.82) is 0 Å². The zero-order valence-corrected chi connectivity index (χ0v) is 6.86. The molecule has 1 heterocycles. The molecule has 0 radical (unpaired) electrons. The van der Waals surface area contributed by atoms with Gasteiger partial charge in [0.15, 0.2) is 5.82 Å². The molecule has 0 aliphatic heterocycles. The smallest absolute Gasteiger partial charge is 0.225 e. The van der Waals surface area contributed by atoms with Crippen LogP contribution in [-0.4, -0.2) is 15.0 Å². The predicted molar refractivity (Wildman–Crippen MR) is 45.9 cm³/mol. The molecule has 66 valence electrons. The molecule has 0 amide bonds. The topological polar surface area (TPSA) is 117 Å². The summed E-state index contributed by atoms with van der Waals surface area (Å²) in [6.07, 6.45) is 0.739. The second-order valence-corrected chi connectivity index (χ2v) is 2.42. The summed E-state index contributed by atoms with van der Waals surface area (Å²) in [5.41, 5.74) is 16.4. The molecule has 1 atom stereocenters. The summed E-state index contributed by atoms with van der Waals surface area (Å²) in [4.78, 5) is 11.3. The molecular weight excluding hydrogens is 156 g/mol. The summed E-state index contributed by atoms with van der Waals surface area (Å²) in [6.45, 7) is 1.93. The summed E-state index contributed by atoms with van der Waals surface area (Å²) in [7, 11) is 0. The van der Waals surface area contributed by atoms with E-state index in [1.54, 1.807) is 0 Å². The number of hydrogen-bond acceptors (Lipinski definition) is 6. The predicted octanol–water partition coefficient (Wildman–Crippen LogP) is -0.554. The van der Waals surface area contributed by atoms with Crippen LogP contribution in [0.3, 0.4) is 0 Å². The van der Waals surface area contributed by atoms with Gasteiger partial charge in [-0.2, -0.15) is 15.0 Å². The molecule has 0 aliphatic rings. The molecule has 0 bridgehead atoms. The van der Waals surface area contributed by atoms with Crippen molar-refractivity contribution in [2.24, 2.45) is 5.73 Å². The lowest BCUT2D eigenvalue weighted by Gasteiger charge is -2.06. The number of nitrogens with two attached hydrogens (primary N) is 3. The molecule has 0 fully saturated rings. The minimum atomic E-state index is -0.224. The van der Waals surface area contributed by atoms with Crippen LogP contribution in [0.25, 0.3) is 0 Å². The largest absolute Gasteiger partial charge is 0.368 e. The minimum Gasteiger partial charge on any atom is -0.368 e. The van der Waals surface area contributed by atoms with Crippen LogP contribution < -0.4 is 17.2 Å². The van der Waals surface area contributed by atoms with Gasteiger partial charge < -0.3 is 17.2 Å². The number of rotatable bonds is 2. The Labute approximate surface area is 70.2 Å². The standard InChI is InChI=1S/C6H12N6/c1-2-3(7)4-10-5(8)12-6(9)11-4/h3H,2,7H2,1H3,(H4,8,9,10,11,12)/t3-/m1/s1. The maximum Gasteiger partial charge on any atom is 0.225 e. The Bertz CT molecular complexity index is 252. The first-order valence-corrected chi connectivity index (χ1v) is 3.66. The molecule has 0 saturated carbocycles. The van der Waals surface area contributed by atoms with Gasteiger partial charge in [0.05, 0.1) is 6.04 Å². The van der Waals surface area contributed by atoms with Crippen LogP contribution in [0.4, 0.5) is 11.9 Å². The van der Waals surface area contributed by atoms with E-state index < -0.39 is 0 Å². The highest BCUT2D eigenvalue weighted by atomic mass is 15.1. The van der Waals surface area contributed by atoms with E-state index in [2.05, 4.69) is 15.0 Å². The monoisotopic (exact) mass is 168 g/mol. The van der Waals surface area contributed by atoms with Crippen LogP contribution >= 0.6 is 0 Å². The second-order valence-electron chi connectivity index (χ2n) is 2.42. The average Bonchev–Trinajstić information content (AvgIpc) is 2.01. The fourth-order valence-electron chi connectivity index (χ4n) is 0.775. The van der Waals surface area contributed by atoms with Crippen molar-refractivity contribution in [3.05, 3.63) is 5.82 Å². The SMILES string of the molecule is CC[C@@H](N)c1nc(N)nc(N)n1. The summed E-state index contributed by atoms with van der Waals surface area (Å²) in [5, 5.41) is 0. The molecule has 0 aliphatic carbocycles. The first kappa shape index (κ1) is 8.66. The van der Waals surface area contributed by atoms with Gasteiger partial charge in [-0.3, -0.25) is 0 Å². The van der Waals surface area contributed by atoms with Crippen LogP contribution in [0.5, 0.6) is 0 Å². The van der Waals surface area contributed by atoms with Crippen molar-refractivity contribution < 1.29 is 0 Å². The third kappa shape index (κ3) is 1.79. The Morgan fingerprint density at radius 3 is 2.08 bits per heavy atom. The van der Waals surface area contributed by atoms with Crippen molar-refractivity contribution in [3.63, 3.8) is 0 Å². The van der Waals surface area contributed by atoms with Gasteiger partial charge in [0, 0.05) is 0 Å². The van der Waals surface area contributed by atoms with Gasteiger partial charge in [-0.15, -0.1) is 0 Å². The van der Waals surface area contributed by atoms with Crippen molar-refractivity contribution in [2.75, 3.05) is 11.5 Å². The summed E-state index contributed by atoms with van der Waals surface area (Å²) in [5.74, 6) is 0.672. The number of aromatic nitrogens is 3. The number of hydrogen-bond donors (Lipinski definition) is 3. The van der Waals surface area contributed by atoms with Crippen LogP contribution in [0, 0.1) is 0 Å². The summed E-state index contributed by atoms with van der Waals surface area (Å²) in [6, 6.07) is -0.224. The van der Waals surface area contributed by atoms with E-state index in [9.17, 15) is 0 Å². The molecule has 12 heavy (non-hydrogen) atoms. The van der Waals surface area contributed by atoms with E-state index in [0.717, 1.165) is 6.42 Å². The molecule has 1 aromatic rings. The summed E-state index contributed by atoms with van der Waals surface area (Å²) >= 11 is 0. The van der Waals surface area contributed by atoms with Gasteiger partial charge in [0.1, 0.15) is 0 Å². The highest BCUT2D eigenvalue weighted by Gasteiger charge is 2.08. The van der Waals surface area contributed by atoms with E-state index >= 15 is 0 Å². The van der Waals surface area contributed by atoms with E-state index in [1.807, 2.05) is 6.92 Å². The average molecular weight is 168 g/mol.